The van der Waals surface area contributed by atoms with E-state index in [-0.39, 0.29) is 36.0 Å². The molecule has 0 aromatic heterocycles. The standard InChI is InChI=1S/C30H40N3O4Si.ClH/c1-33(2,20-11-17-31-27(34)23-13-5-6-14-24(23)28(31)35)19-9-10-21-38(3,4)22-12-18-32-29(36)25-15-7-8-16-26(25)30(32)37;/h5-8,13-16H,9-12,17-22H2,1-4H3;1H/q+1;/p-1. The molecule has 0 fully saturated rings. The number of halogens is 1. The Morgan fingerprint density at radius 3 is 1.38 bits per heavy atom. The monoisotopic (exact) mass is 569 g/mol. The Hall–Kier alpha value is -2.81. The third-order valence-electron chi connectivity index (χ3n) is 8.00. The summed E-state index contributed by atoms with van der Waals surface area (Å²) in [5.74, 6) is -0.668. The van der Waals surface area contributed by atoms with Gasteiger partial charge in [-0.2, -0.15) is 0 Å². The van der Waals surface area contributed by atoms with E-state index in [0.717, 1.165) is 42.9 Å². The molecular formula is C30H40ClN3O4Si. The molecule has 7 nitrogen and oxygen atoms in total. The van der Waals surface area contributed by atoms with Crippen molar-refractivity contribution in [2.75, 3.05) is 40.3 Å². The lowest BCUT2D eigenvalue weighted by Crippen LogP contribution is -3.00. The molecule has 2 aromatic carbocycles. The summed E-state index contributed by atoms with van der Waals surface area (Å²) in [6, 6.07) is 16.4. The van der Waals surface area contributed by atoms with Crippen molar-refractivity contribution >= 4 is 31.7 Å². The number of imide groups is 2. The van der Waals surface area contributed by atoms with Crippen molar-refractivity contribution in [1.82, 2.24) is 9.80 Å². The van der Waals surface area contributed by atoms with Crippen LogP contribution in [-0.2, 0) is 0 Å². The SMILES string of the molecule is C[N+](C)(CCCC[Si](C)(C)CCCN1C(=O)c2ccccc2C1=O)CCCN1C(=O)c2ccccc2C1=O.[Cl-]. The Balaban J connectivity index is 0.00000420. The first-order chi connectivity index (χ1) is 18.0. The summed E-state index contributed by atoms with van der Waals surface area (Å²) < 4.78 is 0.866. The normalized spacial score (nSPS) is 15.1. The van der Waals surface area contributed by atoms with Crippen molar-refractivity contribution in [1.29, 1.82) is 0 Å². The second kappa shape index (κ2) is 12.6. The Kier molecular flexibility index (Phi) is 9.91. The van der Waals surface area contributed by atoms with Crippen LogP contribution in [0, 0.1) is 0 Å². The lowest BCUT2D eigenvalue weighted by atomic mass is 10.1. The van der Waals surface area contributed by atoms with Gasteiger partial charge >= 0.3 is 0 Å². The zero-order valence-electron chi connectivity index (χ0n) is 23.5. The van der Waals surface area contributed by atoms with Crippen LogP contribution in [0.5, 0.6) is 0 Å². The molecule has 0 aliphatic carbocycles. The van der Waals surface area contributed by atoms with Gasteiger partial charge in [-0.05, 0) is 37.1 Å². The minimum Gasteiger partial charge on any atom is -1.00 e. The zero-order chi connectivity index (χ0) is 27.5. The molecule has 0 saturated carbocycles. The van der Waals surface area contributed by atoms with Crippen LogP contribution in [0.4, 0.5) is 0 Å². The van der Waals surface area contributed by atoms with Gasteiger partial charge < -0.3 is 16.9 Å². The van der Waals surface area contributed by atoms with Crippen molar-refractivity contribution in [3.8, 4) is 0 Å². The predicted molar refractivity (Wildman–Crippen MR) is 151 cm³/mol. The van der Waals surface area contributed by atoms with Gasteiger partial charge in [0.2, 0.25) is 0 Å². The van der Waals surface area contributed by atoms with Gasteiger partial charge in [0.05, 0.1) is 49.4 Å². The summed E-state index contributed by atoms with van der Waals surface area (Å²) in [5, 5.41) is 0. The Morgan fingerprint density at radius 2 is 0.949 bits per heavy atom. The van der Waals surface area contributed by atoms with Gasteiger partial charge in [0.1, 0.15) is 0 Å². The Morgan fingerprint density at radius 1 is 0.590 bits per heavy atom. The fourth-order valence-electron chi connectivity index (χ4n) is 5.64. The largest absolute Gasteiger partial charge is 1.00 e. The van der Waals surface area contributed by atoms with Crippen molar-refractivity contribution in [3.05, 3.63) is 70.8 Å². The summed E-state index contributed by atoms with van der Waals surface area (Å²) in [6.07, 6.45) is 3.96. The maximum atomic E-state index is 12.6. The van der Waals surface area contributed by atoms with Crippen LogP contribution < -0.4 is 12.4 Å². The number of quaternary nitrogens is 1. The highest BCUT2D eigenvalue weighted by molar-refractivity contribution is 6.77. The molecule has 2 aliphatic rings. The number of hydrogen-bond donors (Lipinski definition) is 0. The molecule has 0 N–H and O–H groups in total. The van der Waals surface area contributed by atoms with E-state index in [1.807, 2.05) is 0 Å². The van der Waals surface area contributed by atoms with Gasteiger partial charge in [-0.25, -0.2) is 0 Å². The minimum absolute atomic E-state index is 0. The summed E-state index contributed by atoms with van der Waals surface area (Å²) in [5.41, 5.74) is 2.08. The smallest absolute Gasteiger partial charge is 0.261 e. The molecule has 0 saturated heterocycles. The molecule has 4 rings (SSSR count). The van der Waals surface area contributed by atoms with E-state index in [0.29, 0.717) is 35.3 Å². The average Bonchev–Trinajstić information content (AvgIpc) is 3.27. The summed E-state index contributed by atoms with van der Waals surface area (Å²) in [4.78, 5) is 53.1. The molecule has 2 aromatic rings. The zero-order valence-corrected chi connectivity index (χ0v) is 25.3. The molecule has 210 valence electrons. The van der Waals surface area contributed by atoms with E-state index in [2.05, 4.69) is 27.2 Å². The fourth-order valence-corrected chi connectivity index (χ4v) is 8.21. The summed E-state index contributed by atoms with van der Waals surface area (Å²) in [6.45, 7) is 7.73. The van der Waals surface area contributed by atoms with Crippen molar-refractivity contribution in [3.63, 3.8) is 0 Å². The second-order valence-corrected chi connectivity index (χ2v) is 17.4. The summed E-state index contributed by atoms with van der Waals surface area (Å²) in [7, 11) is 3.01. The topological polar surface area (TPSA) is 74.8 Å². The molecule has 0 radical (unpaired) electrons. The Bertz CT molecular complexity index is 1080. The number of rotatable bonds is 13. The number of amides is 4. The molecule has 0 unspecified atom stereocenters. The number of unbranched alkanes of at least 4 members (excludes halogenated alkanes) is 1. The molecular weight excluding hydrogens is 530 g/mol. The molecule has 4 amide bonds. The van der Waals surface area contributed by atoms with Crippen LogP contribution in [0.3, 0.4) is 0 Å². The number of nitrogens with zero attached hydrogens (tertiary/aromatic N) is 3. The van der Waals surface area contributed by atoms with Gasteiger partial charge in [-0.1, -0.05) is 55.9 Å². The molecule has 9 heteroatoms. The van der Waals surface area contributed by atoms with E-state index >= 15 is 0 Å². The minimum atomic E-state index is -1.42. The van der Waals surface area contributed by atoms with E-state index in [1.165, 1.54) is 22.3 Å². The summed E-state index contributed by atoms with van der Waals surface area (Å²) >= 11 is 0. The third-order valence-corrected chi connectivity index (χ3v) is 11.4. The molecule has 0 spiro atoms. The highest BCUT2D eigenvalue weighted by Crippen LogP contribution is 2.26. The van der Waals surface area contributed by atoms with Crippen LogP contribution in [0.1, 0.15) is 67.1 Å². The molecule has 2 aliphatic heterocycles. The van der Waals surface area contributed by atoms with Crippen molar-refractivity contribution in [2.45, 2.75) is 50.9 Å². The van der Waals surface area contributed by atoms with Crippen molar-refractivity contribution < 1.29 is 36.1 Å². The fraction of sp³-hybridized carbons (Fsp3) is 0.467. The average molecular weight is 570 g/mol. The van der Waals surface area contributed by atoms with Crippen LogP contribution in [0.15, 0.2) is 48.5 Å². The second-order valence-electron chi connectivity index (χ2n) is 12.1. The van der Waals surface area contributed by atoms with Crippen LogP contribution in [-0.4, -0.2) is 86.3 Å². The number of benzene rings is 2. The Labute approximate surface area is 239 Å². The van der Waals surface area contributed by atoms with Crippen LogP contribution in [0.25, 0.3) is 0 Å². The van der Waals surface area contributed by atoms with E-state index in [9.17, 15) is 19.2 Å². The van der Waals surface area contributed by atoms with Crippen LogP contribution >= 0.6 is 0 Å². The van der Waals surface area contributed by atoms with Gasteiger partial charge in [0.25, 0.3) is 23.6 Å². The van der Waals surface area contributed by atoms with E-state index in [1.54, 1.807) is 48.5 Å². The van der Waals surface area contributed by atoms with E-state index in [4.69, 9.17) is 0 Å². The van der Waals surface area contributed by atoms with Crippen molar-refractivity contribution in [2.24, 2.45) is 0 Å². The number of fused-ring (bicyclic) bond motifs is 2. The lowest BCUT2D eigenvalue weighted by molar-refractivity contribution is -0.890. The van der Waals surface area contributed by atoms with Gasteiger partial charge in [0.15, 0.2) is 0 Å². The highest BCUT2D eigenvalue weighted by Gasteiger charge is 2.36. The molecule has 39 heavy (non-hydrogen) atoms. The molecule has 0 atom stereocenters. The number of hydrogen-bond acceptors (Lipinski definition) is 4. The maximum absolute atomic E-state index is 12.6. The third kappa shape index (κ3) is 7.04. The number of carbonyl (C=O) groups excluding carboxylic acids is 4. The first-order valence-electron chi connectivity index (χ1n) is 13.7. The maximum Gasteiger partial charge on any atom is 0.261 e. The van der Waals surface area contributed by atoms with Gasteiger partial charge in [-0.3, -0.25) is 29.0 Å². The number of carbonyl (C=O) groups is 4. The predicted octanol–water partition coefficient (Wildman–Crippen LogP) is 1.93. The quantitative estimate of drug-likeness (QED) is 0.160. The van der Waals surface area contributed by atoms with Gasteiger partial charge in [0, 0.05) is 27.6 Å². The lowest BCUT2D eigenvalue weighted by Gasteiger charge is -2.31. The first-order valence-corrected chi connectivity index (χ1v) is 17.1. The molecule has 0 bridgehead atoms. The first kappa shape index (κ1) is 30.7. The van der Waals surface area contributed by atoms with Gasteiger partial charge in [-0.15, -0.1) is 0 Å². The van der Waals surface area contributed by atoms with E-state index < -0.39 is 8.07 Å². The highest BCUT2D eigenvalue weighted by atomic mass is 35.5. The van der Waals surface area contributed by atoms with Crippen LogP contribution in [0.2, 0.25) is 25.2 Å². The molecule has 2 heterocycles.